The highest BCUT2D eigenvalue weighted by atomic mass is 79.9. The summed E-state index contributed by atoms with van der Waals surface area (Å²) in [4.78, 5) is 11.7. The second-order valence-electron chi connectivity index (χ2n) is 3.76. The molecule has 0 saturated carbocycles. The van der Waals surface area contributed by atoms with Crippen LogP contribution in [0.25, 0.3) is 0 Å². The zero-order chi connectivity index (χ0) is 12.8. The number of rotatable bonds is 5. The number of hydrogen-bond acceptors (Lipinski definition) is 3. The SMILES string of the molecule is CCC[C@@H](N)C(=O)Nc1cc(Br)cc(OC)c1. The molecule has 94 valence electrons. The number of nitrogens with one attached hydrogen (secondary N) is 1. The van der Waals surface area contributed by atoms with E-state index >= 15 is 0 Å². The molecule has 0 bridgehead atoms. The lowest BCUT2D eigenvalue weighted by Gasteiger charge is -2.12. The van der Waals surface area contributed by atoms with Gasteiger partial charge in [-0.25, -0.2) is 0 Å². The van der Waals surface area contributed by atoms with Crippen LogP contribution in [-0.2, 0) is 4.79 Å². The van der Waals surface area contributed by atoms with Crippen LogP contribution in [0.5, 0.6) is 5.75 Å². The van der Waals surface area contributed by atoms with E-state index < -0.39 is 6.04 Å². The number of methoxy groups -OCH3 is 1. The lowest BCUT2D eigenvalue weighted by Crippen LogP contribution is -2.35. The van der Waals surface area contributed by atoms with Crippen LogP contribution >= 0.6 is 15.9 Å². The van der Waals surface area contributed by atoms with Crippen LogP contribution < -0.4 is 15.8 Å². The maximum atomic E-state index is 11.7. The molecule has 1 amide bonds. The average Bonchev–Trinajstić information content (AvgIpc) is 2.28. The van der Waals surface area contributed by atoms with Crippen LogP contribution in [0.3, 0.4) is 0 Å². The zero-order valence-electron chi connectivity index (χ0n) is 10.00. The molecule has 0 radical (unpaired) electrons. The predicted octanol–water partition coefficient (Wildman–Crippen LogP) is 2.52. The fourth-order valence-corrected chi connectivity index (χ4v) is 1.90. The topological polar surface area (TPSA) is 64.4 Å². The van der Waals surface area contributed by atoms with Crippen molar-refractivity contribution in [1.29, 1.82) is 0 Å². The molecular weight excluding hydrogens is 284 g/mol. The van der Waals surface area contributed by atoms with Crippen molar-refractivity contribution in [2.24, 2.45) is 5.73 Å². The van der Waals surface area contributed by atoms with E-state index in [1.54, 1.807) is 19.2 Å². The first-order chi connectivity index (χ1) is 8.06. The first kappa shape index (κ1) is 14.0. The molecule has 0 spiro atoms. The molecule has 0 aromatic heterocycles. The highest BCUT2D eigenvalue weighted by Gasteiger charge is 2.12. The van der Waals surface area contributed by atoms with Gasteiger partial charge in [0.05, 0.1) is 13.2 Å². The molecular formula is C12H17BrN2O2. The second-order valence-corrected chi connectivity index (χ2v) is 4.68. The van der Waals surface area contributed by atoms with Gasteiger partial charge in [-0.3, -0.25) is 4.79 Å². The van der Waals surface area contributed by atoms with Gasteiger partial charge in [0.15, 0.2) is 0 Å². The van der Waals surface area contributed by atoms with Crippen molar-refractivity contribution >= 4 is 27.5 Å². The first-order valence-electron chi connectivity index (χ1n) is 5.47. The van der Waals surface area contributed by atoms with Gasteiger partial charge in [-0.05, 0) is 18.6 Å². The van der Waals surface area contributed by atoms with E-state index in [2.05, 4.69) is 21.2 Å². The van der Waals surface area contributed by atoms with Crippen LogP contribution in [0.1, 0.15) is 19.8 Å². The third-order valence-electron chi connectivity index (χ3n) is 2.31. The Hall–Kier alpha value is -1.07. The molecule has 4 nitrogen and oxygen atoms in total. The van der Waals surface area contributed by atoms with Crippen molar-refractivity contribution in [2.75, 3.05) is 12.4 Å². The summed E-state index contributed by atoms with van der Waals surface area (Å²) in [5, 5.41) is 2.77. The number of benzene rings is 1. The van der Waals surface area contributed by atoms with Gasteiger partial charge in [-0.2, -0.15) is 0 Å². The number of carbonyl (C=O) groups is 1. The fraction of sp³-hybridized carbons (Fsp3) is 0.417. The highest BCUT2D eigenvalue weighted by molar-refractivity contribution is 9.10. The van der Waals surface area contributed by atoms with Gasteiger partial charge < -0.3 is 15.8 Å². The van der Waals surface area contributed by atoms with Crippen molar-refractivity contribution in [3.63, 3.8) is 0 Å². The summed E-state index contributed by atoms with van der Waals surface area (Å²) >= 11 is 3.35. The minimum Gasteiger partial charge on any atom is -0.497 e. The predicted molar refractivity (Wildman–Crippen MR) is 72.2 cm³/mol. The Morgan fingerprint density at radius 1 is 1.53 bits per heavy atom. The van der Waals surface area contributed by atoms with E-state index in [1.807, 2.05) is 13.0 Å². The number of nitrogens with two attached hydrogens (primary N) is 1. The third kappa shape index (κ3) is 4.36. The number of halogens is 1. The van der Waals surface area contributed by atoms with E-state index in [1.165, 1.54) is 0 Å². The van der Waals surface area contributed by atoms with E-state index in [0.29, 0.717) is 17.9 Å². The summed E-state index contributed by atoms with van der Waals surface area (Å²) in [5.41, 5.74) is 6.40. The quantitative estimate of drug-likeness (QED) is 0.878. The summed E-state index contributed by atoms with van der Waals surface area (Å²) in [6.07, 6.45) is 1.56. The number of carbonyl (C=O) groups excluding carboxylic acids is 1. The molecule has 3 N–H and O–H groups in total. The Bertz CT molecular complexity index is 396. The van der Waals surface area contributed by atoms with E-state index in [-0.39, 0.29) is 5.91 Å². The van der Waals surface area contributed by atoms with Gasteiger partial charge in [0, 0.05) is 16.2 Å². The molecule has 0 aliphatic rings. The second kappa shape index (κ2) is 6.61. The lowest BCUT2D eigenvalue weighted by molar-refractivity contribution is -0.117. The van der Waals surface area contributed by atoms with Crippen LogP contribution in [-0.4, -0.2) is 19.1 Å². The minimum atomic E-state index is -0.468. The zero-order valence-corrected chi connectivity index (χ0v) is 11.6. The number of anilines is 1. The Kier molecular flexibility index (Phi) is 5.44. The Morgan fingerprint density at radius 2 is 2.24 bits per heavy atom. The van der Waals surface area contributed by atoms with Crippen molar-refractivity contribution in [2.45, 2.75) is 25.8 Å². The van der Waals surface area contributed by atoms with Crippen LogP contribution in [0.15, 0.2) is 22.7 Å². The largest absolute Gasteiger partial charge is 0.497 e. The van der Waals surface area contributed by atoms with Gasteiger partial charge >= 0.3 is 0 Å². The van der Waals surface area contributed by atoms with Crippen LogP contribution in [0.2, 0.25) is 0 Å². The number of hydrogen-bond donors (Lipinski definition) is 2. The summed E-state index contributed by atoms with van der Waals surface area (Å²) in [7, 11) is 1.58. The summed E-state index contributed by atoms with van der Waals surface area (Å²) < 4.78 is 5.96. The maximum Gasteiger partial charge on any atom is 0.241 e. The van der Waals surface area contributed by atoms with Gasteiger partial charge in [0.1, 0.15) is 5.75 Å². The van der Waals surface area contributed by atoms with E-state index in [0.717, 1.165) is 10.9 Å². The van der Waals surface area contributed by atoms with Gasteiger partial charge in [0.2, 0.25) is 5.91 Å². The monoisotopic (exact) mass is 300 g/mol. The van der Waals surface area contributed by atoms with E-state index in [9.17, 15) is 4.79 Å². The van der Waals surface area contributed by atoms with Gasteiger partial charge in [-0.1, -0.05) is 29.3 Å². The molecule has 0 aliphatic carbocycles. The van der Waals surface area contributed by atoms with Crippen molar-refractivity contribution in [1.82, 2.24) is 0 Å². The van der Waals surface area contributed by atoms with Gasteiger partial charge in [0.25, 0.3) is 0 Å². The standard InChI is InChI=1S/C12H17BrN2O2/c1-3-4-11(14)12(16)15-9-5-8(13)6-10(7-9)17-2/h5-7,11H,3-4,14H2,1-2H3,(H,15,16)/t11-/m1/s1. The normalized spacial score (nSPS) is 12.0. The van der Waals surface area contributed by atoms with E-state index in [4.69, 9.17) is 10.5 Å². The fourth-order valence-electron chi connectivity index (χ4n) is 1.43. The maximum absolute atomic E-state index is 11.7. The summed E-state index contributed by atoms with van der Waals surface area (Å²) in [5.74, 6) is 0.505. The van der Waals surface area contributed by atoms with Crippen LogP contribution in [0.4, 0.5) is 5.69 Å². The smallest absolute Gasteiger partial charge is 0.241 e. The molecule has 1 aromatic carbocycles. The van der Waals surface area contributed by atoms with Crippen molar-refractivity contribution in [3.05, 3.63) is 22.7 Å². The molecule has 17 heavy (non-hydrogen) atoms. The molecule has 0 heterocycles. The third-order valence-corrected chi connectivity index (χ3v) is 2.77. The first-order valence-corrected chi connectivity index (χ1v) is 6.27. The molecule has 1 rings (SSSR count). The average molecular weight is 301 g/mol. The molecule has 0 unspecified atom stereocenters. The highest BCUT2D eigenvalue weighted by Crippen LogP contribution is 2.24. The molecule has 0 fully saturated rings. The van der Waals surface area contributed by atoms with Crippen LogP contribution in [0, 0.1) is 0 Å². The molecule has 0 aliphatic heterocycles. The molecule has 1 atom stereocenters. The Labute approximate surface area is 110 Å². The Morgan fingerprint density at radius 3 is 2.82 bits per heavy atom. The summed E-state index contributed by atoms with van der Waals surface area (Å²) in [6.45, 7) is 2.00. The molecule has 1 aromatic rings. The van der Waals surface area contributed by atoms with Crippen molar-refractivity contribution < 1.29 is 9.53 Å². The Balaban J connectivity index is 2.74. The lowest BCUT2D eigenvalue weighted by atomic mass is 10.1. The molecule has 5 heteroatoms. The number of ether oxygens (including phenoxy) is 1. The van der Waals surface area contributed by atoms with Crippen molar-refractivity contribution in [3.8, 4) is 5.75 Å². The van der Waals surface area contributed by atoms with Gasteiger partial charge in [-0.15, -0.1) is 0 Å². The number of amides is 1. The minimum absolute atomic E-state index is 0.174. The molecule has 0 saturated heterocycles. The summed E-state index contributed by atoms with van der Waals surface area (Å²) in [6, 6.07) is 4.91.